The van der Waals surface area contributed by atoms with Crippen LogP contribution >= 0.6 is 16.1 Å². The van der Waals surface area contributed by atoms with Crippen molar-refractivity contribution in [1.82, 2.24) is 19.2 Å². The van der Waals surface area contributed by atoms with Crippen LogP contribution in [0.5, 0.6) is 0 Å². The number of rotatable bonds is 1. The maximum absolute atomic E-state index is 3.86. The van der Waals surface area contributed by atoms with Crippen molar-refractivity contribution in [1.29, 1.82) is 0 Å². The molecule has 0 spiro atoms. The van der Waals surface area contributed by atoms with Crippen LogP contribution in [-0.4, -0.2) is 19.2 Å². The summed E-state index contributed by atoms with van der Waals surface area (Å²) >= 11 is 3.20. The van der Waals surface area contributed by atoms with Gasteiger partial charge in [0.15, 0.2) is 5.82 Å². The van der Waals surface area contributed by atoms with Crippen molar-refractivity contribution < 1.29 is 0 Å². The highest BCUT2D eigenvalue weighted by molar-refractivity contribution is 9.08. The zero-order chi connectivity index (χ0) is 8.48. The minimum Gasteiger partial charge on any atom is -0.161 e. The molecule has 5 heteroatoms. The van der Waals surface area contributed by atoms with E-state index in [9.17, 15) is 0 Å². The molecule has 0 fully saturated rings. The lowest BCUT2D eigenvalue weighted by Crippen LogP contribution is -2.11. The first-order valence-electron chi connectivity index (χ1n) is 3.42. The smallest absolute Gasteiger partial charge is 0.161 e. The lowest BCUT2D eigenvalue weighted by Gasteiger charge is -2.15. The summed E-state index contributed by atoms with van der Waals surface area (Å²) in [7, 11) is 0. The predicted octanol–water partition coefficient (Wildman–Crippen LogP) is 1.42. The molecular weight excluding hydrogens is 208 g/mol. The van der Waals surface area contributed by atoms with Gasteiger partial charge >= 0.3 is 0 Å². The Labute approximate surface area is 74.3 Å². The van der Waals surface area contributed by atoms with Crippen LogP contribution in [0.15, 0.2) is 0 Å². The number of halogens is 1. The number of hydrogen-bond acceptors (Lipinski definition) is 3. The van der Waals surface area contributed by atoms with E-state index in [1.165, 1.54) is 3.71 Å². The van der Waals surface area contributed by atoms with Crippen molar-refractivity contribution >= 4 is 16.1 Å². The molecule has 0 aliphatic rings. The molecule has 0 saturated carbocycles. The molecule has 0 aliphatic carbocycles. The number of tetrazole rings is 1. The van der Waals surface area contributed by atoms with Crippen LogP contribution in [0.1, 0.15) is 26.6 Å². The normalized spacial score (nSPS) is 12.0. The lowest BCUT2D eigenvalue weighted by atomic mass is 9.92. The third kappa shape index (κ3) is 2.57. The topological polar surface area (TPSA) is 43.6 Å². The summed E-state index contributed by atoms with van der Waals surface area (Å²) in [5, 5.41) is 11.1. The molecular formula is C6H11BrN4. The van der Waals surface area contributed by atoms with Gasteiger partial charge in [-0.25, -0.2) is 0 Å². The van der Waals surface area contributed by atoms with Crippen LogP contribution < -0.4 is 0 Å². The van der Waals surface area contributed by atoms with Crippen LogP contribution in [0, 0.1) is 5.41 Å². The third-order valence-electron chi connectivity index (χ3n) is 1.18. The first-order chi connectivity index (χ1) is 4.99. The molecule has 0 saturated heterocycles. The van der Waals surface area contributed by atoms with Crippen molar-refractivity contribution in [2.75, 3.05) is 0 Å². The molecule has 4 nitrogen and oxygen atoms in total. The monoisotopic (exact) mass is 218 g/mol. The predicted molar refractivity (Wildman–Crippen MR) is 45.3 cm³/mol. The molecule has 1 aromatic rings. The van der Waals surface area contributed by atoms with E-state index in [0.717, 1.165) is 12.2 Å². The molecule has 0 aliphatic heterocycles. The van der Waals surface area contributed by atoms with E-state index in [1.807, 2.05) is 0 Å². The van der Waals surface area contributed by atoms with Gasteiger partial charge in [0, 0.05) is 6.42 Å². The maximum Gasteiger partial charge on any atom is 0.164 e. The Morgan fingerprint density at radius 3 is 2.45 bits per heavy atom. The third-order valence-corrected chi connectivity index (χ3v) is 1.73. The maximum atomic E-state index is 3.86. The summed E-state index contributed by atoms with van der Waals surface area (Å²) in [6.07, 6.45) is 0.866. The highest BCUT2D eigenvalue weighted by atomic mass is 79.9. The molecule has 0 atom stereocenters. The second kappa shape index (κ2) is 2.89. The fourth-order valence-corrected chi connectivity index (χ4v) is 1.03. The van der Waals surface area contributed by atoms with Crippen LogP contribution in [0.25, 0.3) is 0 Å². The lowest BCUT2D eigenvalue weighted by molar-refractivity contribution is 0.399. The quantitative estimate of drug-likeness (QED) is 0.717. The van der Waals surface area contributed by atoms with Gasteiger partial charge in [0.1, 0.15) is 0 Å². The number of nitrogens with zero attached hydrogens (tertiary/aromatic N) is 4. The average molecular weight is 219 g/mol. The molecule has 1 heterocycles. The second-order valence-electron chi connectivity index (χ2n) is 3.69. The zero-order valence-corrected chi connectivity index (χ0v) is 8.46. The minimum absolute atomic E-state index is 0.222. The Balaban J connectivity index is 2.72. The largest absolute Gasteiger partial charge is 0.164 e. The van der Waals surface area contributed by atoms with Gasteiger partial charge < -0.3 is 0 Å². The summed E-state index contributed by atoms with van der Waals surface area (Å²) in [6, 6.07) is 0. The fourth-order valence-electron chi connectivity index (χ4n) is 0.770. The summed E-state index contributed by atoms with van der Waals surface area (Å²) in [4.78, 5) is 0. The van der Waals surface area contributed by atoms with Gasteiger partial charge in [0.05, 0.1) is 16.1 Å². The minimum atomic E-state index is 0.222. The van der Waals surface area contributed by atoms with Crippen molar-refractivity contribution in [2.45, 2.75) is 27.2 Å². The van der Waals surface area contributed by atoms with E-state index < -0.39 is 0 Å². The molecule has 0 aromatic carbocycles. The molecule has 0 radical (unpaired) electrons. The van der Waals surface area contributed by atoms with E-state index in [4.69, 9.17) is 0 Å². The molecule has 0 amide bonds. The van der Waals surface area contributed by atoms with Gasteiger partial charge in [0.2, 0.25) is 0 Å². The van der Waals surface area contributed by atoms with Crippen LogP contribution in [0.2, 0.25) is 0 Å². The molecule has 11 heavy (non-hydrogen) atoms. The number of hydrogen-bond donors (Lipinski definition) is 0. The van der Waals surface area contributed by atoms with E-state index in [2.05, 4.69) is 52.4 Å². The first kappa shape index (κ1) is 8.64. The Bertz CT molecular complexity index is 237. The Kier molecular flexibility index (Phi) is 2.27. The zero-order valence-electron chi connectivity index (χ0n) is 6.87. The average Bonchev–Trinajstić information content (AvgIpc) is 2.12. The standard InChI is InChI=1S/C6H11BrN4/c1-6(2,3)4-5-8-9-10-11(5)7/h4H2,1-3H3. The van der Waals surface area contributed by atoms with Crippen LogP contribution in [0.4, 0.5) is 0 Å². The van der Waals surface area contributed by atoms with Crippen LogP contribution in [0.3, 0.4) is 0 Å². The van der Waals surface area contributed by atoms with Crippen molar-refractivity contribution in [3.05, 3.63) is 5.82 Å². The van der Waals surface area contributed by atoms with Gasteiger partial charge in [-0.05, 0) is 15.8 Å². The van der Waals surface area contributed by atoms with Crippen molar-refractivity contribution in [2.24, 2.45) is 5.41 Å². The molecule has 0 N–H and O–H groups in total. The molecule has 0 bridgehead atoms. The summed E-state index contributed by atoms with van der Waals surface area (Å²) in [6.45, 7) is 6.44. The van der Waals surface area contributed by atoms with Crippen LogP contribution in [-0.2, 0) is 6.42 Å². The summed E-state index contributed by atoms with van der Waals surface area (Å²) in [5.74, 6) is 0.859. The SMILES string of the molecule is CC(C)(C)Cc1nnnn1Br. The number of aromatic nitrogens is 4. The van der Waals surface area contributed by atoms with Gasteiger partial charge in [0.25, 0.3) is 0 Å². The van der Waals surface area contributed by atoms with E-state index in [0.29, 0.717) is 0 Å². The molecule has 1 aromatic heterocycles. The van der Waals surface area contributed by atoms with Gasteiger partial charge in [-0.1, -0.05) is 20.8 Å². The summed E-state index contributed by atoms with van der Waals surface area (Å²) < 4.78 is 1.53. The molecule has 0 unspecified atom stereocenters. The van der Waals surface area contributed by atoms with E-state index >= 15 is 0 Å². The first-order valence-corrected chi connectivity index (χ1v) is 4.13. The Morgan fingerprint density at radius 1 is 1.45 bits per heavy atom. The van der Waals surface area contributed by atoms with Gasteiger partial charge in [-0.2, -0.15) is 3.71 Å². The Morgan fingerprint density at radius 2 is 2.09 bits per heavy atom. The highest BCUT2D eigenvalue weighted by Crippen LogP contribution is 2.18. The van der Waals surface area contributed by atoms with Crippen molar-refractivity contribution in [3.63, 3.8) is 0 Å². The molecule has 1 rings (SSSR count). The van der Waals surface area contributed by atoms with Gasteiger partial charge in [-0.15, -0.1) is 5.10 Å². The summed E-state index contributed by atoms with van der Waals surface area (Å²) in [5.41, 5.74) is 0.222. The second-order valence-corrected chi connectivity index (χ2v) is 4.36. The van der Waals surface area contributed by atoms with E-state index in [-0.39, 0.29) is 5.41 Å². The van der Waals surface area contributed by atoms with Crippen molar-refractivity contribution in [3.8, 4) is 0 Å². The van der Waals surface area contributed by atoms with Gasteiger partial charge in [-0.3, -0.25) is 0 Å². The van der Waals surface area contributed by atoms with E-state index in [1.54, 1.807) is 0 Å². The highest BCUT2D eigenvalue weighted by Gasteiger charge is 2.15. The molecule has 62 valence electrons. The Hall–Kier alpha value is -0.450. The fraction of sp³-hybridized carbons (Fsp3) is 0.833.